The summed E-state index contributed by atoms with van der Waals surface area (Å²) in [6, 6.07) is 5.81. The summed E-state index contributed by atoms with van der Waals surface area (Å²) in [7, 11) is 1.41. The second-order valence-electron chi connectivity index (χ2n) is 12.5. The number of allylic oxidation sites excluding steroid dienone is 2. The molecule has 0 bridgehead atoms. The minimum Gasteiger partial charge on any atom is -0.465 e. The molecule has 1 aliphatic rings. The highest BCUT2D eigenvalue weighted by atomic mass is 16.6. The van der Waals surface area contributed by atoms with Crippen molar-refractivity contribution in [1.82, 2.24) is 4.90 Å². The number of piperazine rings is 1. The molecule has 1 aromatic carbocycles. The van der Waals surface area contributed by atoms with Gasteiger partial charge in [-0.2, -0.15) is 0 Å². The Morgan fingerprint density at radius 3 is 2.00 bits per heavy atom. The van der Waals surface area contributed by atoms with Gasteiger partial charge in [0.2, 0.25) is 0 Å². The predicted octanol–water partition coefficient (Wildman–Crippen LogP) is 6.40. The van der Waals surface area contributed by atoms with E-state index in [-0.39, 0.29) is 22.9 Å². The number of anilines is 1. The van der Waals surface area contributed by atoms with E-state index in [0.29, 0.717) is 31.7 Å². The summed E-state index contributed by atoms with van der Waals surface area (Å²) < 4.78 is 10.6. The van der Waals surface area contributed by atoms with E-state index in [1.807, 2.05) is 39.0 Å². The van der Waals surface area contributed by atoms with Crippen LogP contribution < -0.4 is 4.90 Å². The van der Waals surface area contributed by atoms with Gasteiger partial charge < -0.3 is 19.3 Å². The number of amides is 1. The highest BCUT2D eigenvalue weighted by molar-refractivity contribution is 5.92. The first-order chi connectivity index (χ1) is 15.5. The maximum Gasteiger partial charge on any atom is 0.410 e. The number of hydrogen-bond donors (Lipinski definition) is 0. The molecule has 0 aromatic heterocycles. The summed E-state index contributed by atoms with van der Waals surface area (Å²) in [6.07, 6.45) is 2.92. The van der Waals surface area contributed by atoms with Gasteiger partial charge in [0.25, 0.3) is 0 Å². The van der Waals surface area contributed by atoms with Gasteiger partial charge in [-0.1, -0.05) is 47.6 Å². The van der Waals surface area contributed by atoms with Gasteiger partial charge in [0.1, 0.15) is 5.60 Å². The van der Waals surface area contributed by atoms with Crippen molar-refractivity contribution in [2.24, 2.45) is 10.8 Å². The molecule has 6 heteroatoms. The van der Waals surface area contributed by atoms with E-state index in [0.717, 1.165) is 17.7 Å². The zero-order valence-electron chi connectivity index (χ0n) is 22.9. The van der Waals surface area contributed by atoms with E-state index in [1.54, 1.807) is 4.90 Å². The van der Waals surface area contributed by atoms with Crippen LogP contribution in [0.25, 0.3) is 5.57 Å². The van der Waals surface area contributed by atoms with Gasteiger partial charge >= 0.3 is 12.1 Å². The molecule has 0 radical (unpaired) electrons. The smallest absolute Gasteiger partial charge is 0.410 e. The van der Waals surface area contributed by atoms with Crippen LogP contribution in [0.5, 0.6) is 0 Å². The molecular weight excluding hydrogens is 428 g/mol. The predicted molar refractivity (Wildman–Crippen MR) is 139 cm³/mol. The fourth-order valence-corrected chi connectivity index (χ4v) is 4.09. The highest BCUT2D eigenvalue weighted by Crippen LogP contribution is 2.39. The van der Waals surface area contributed by atoms with Crippen molar-refractivity contribution >= 4 is 23.3 Å². The molecule has 1 amide bonds. The van der Waals surface area contributed by atoms with E-state index >= 15 is 0 Å². The van der Waals surface area contributed by atoms with Gasteiger partial charge in [0, 0.05) is 37.4 Å². The Bertz CT molecular complexity index is 906. The molecule has 0 N–H and O–H groups in total. The number of benzene rings is 1. The maximum absolute atomic E-state index is 12.5. The van der Waals surface area contributed by atoms with Crippen LogP contribution in [0, 0.1) is 10.8 Å². The van der Waals surface area contributed by atoms with Crippen LogP contribution in [-0.2, 0) is 9.47 Å². The molecule has 0 aliphatic carbocycles. The second-order valence-corrected chi connectivity index (χ2v) is 12.5. The molecule has 0 saturated carbocycles. The van der Waals surface area contributed by atoms with Crippen LogP contribution in [0.4, 0.5) is 10.5 Å². The minimum atomic E-state index is -0.509. The normalized spacial score (nSPS) is 15.9. The largest absolute Gasteiger partial charge is 0.465 e. The van der Waals surface area contributed by atoms with Gasteiger partial charge in [-0.3, -0.25) is 0 Å². The monoisotopic (exact) mass is 472 g/mol. The molecular formula is C28H44N2O4. The van der Waals surface area contributed by atoms with Crippen LogP contribution in [0.15, 0.2) is 24.3 Å². The van der Waals surface area contributed by atoms with Gasteiger partial charge in [-0.25, -0.2) is 9.59 Å². The molecule has 0 unspecified atom stereocenters. The van der Waals surface area contributed by atoms with Crippen LogP contribution >= 0.6 is 0 Å². The Balaban J connectivity index is 2.44. The first-order valence-corrected chi connectivity index (χ1v) is 12.2. The molecule has 1 saturated heterocycles. The molecule has 1 fully saturated rings. The summed E-state index contributed by atoms with van der Waals surface area (Å²) >= 11 is 0. The second kappa shape index (κ2) is 10.4. The molecule has 1 aliphatic heterocycles. The first kappa shape index (κ1) is 27.7. The Morgan fingerprint density at radius 1 is 0.941 bits per heavy atom. The average Bonchev–Trinajstić information content (AvgIpc) is 2.69. The summed E-state index contributed by atoms with van der Waals surface area (Å²) in [6.45, 7) is 21.5. The van der Waals surface area contributed by atoms with Crippen molar-refractivity contribution in [3.63, 3.8) is 0 Å². The van der Waals surface area contributed by atoms with E-state index < -0.39 is 5.60 Å². The standard InChI is InChI=1S/C28H44N2O4/c1-26(2,3)18-21(19-27(4,5)6)22-17-20(24(31)33-10)11-12-23(22)29-13-15-30(16-14-29)25(32)34-28(7,8)9/h11-12,17-18H,13-16,19H2,1-10H3/b21-18+. The number of carbonyl (C=O) groups is 2. The number of ether oxygens (including phenoxy) is 2. The molecule has 0 atom stereocenters. The SMILES string of the molecule is COC(=O)c1ccc(N2CCN(C(=O)OC(C)(C)C)CC2)c(/C(=C/C(C)(C)C)CC(C)(C)C)c1. The third-order valence-electron chi connectivity index (χ3n) is 5.36. The summed E-state index contributed by atoms with van der Waals surface area (Å²) in [5, 5.41) is 0. The van der Waals surface area contributed by atoms with Crippen LogP contribution in [0.1, 0.15) is 84.7 Å². The minimum absolute atomic E-state index is 0.0193. The number of carbonyl (C=O) groups excluding carboxylic acids is 2. The first-order valence-electron chi connectivity index (χ1n) is 12.2. The number of esters is 1. The lowest BCUT2D eigenvalue weighted by Crippen LogP contribution is -2.50. The number of nitrogens with zero attached hydrogens (tertiary/aromatic N) is 2. The molecule has 1 heterocycles. The van der Waals surface area contributed by atoms with Crippen molar-refractivity contribution in [2.45, 2.75) is 74.3 Å². The van der Waals surface area contributed by atoms with Gasteiger partial charge in [0.05, 0.1) is 12.7 Å². The summed E-state index contributed by atoms with van der Waals surface area (Å²) in [5.41, 5.74) is 3.44. The van der Waals surface area contributed by atoms with Gasteiger partial charge in [-0.05, 0) is 61.8 Å². The molecule has 190 valence electrons. The number of methoxy groups -OCH3 is 1. The lowest BCUT2D eigenvalue weighted by molar-refractivity contribution is 0.0240. The van der Waals surface area contributed by atoms with Crippen molar-refractivity contribution in [3.8, 4) is 0 Å². The topological polar surface area (TPSA) is 59.1 Å². The van der Waals surface area contributed by atoms with E-state index in [4.69, 9.17) is 9.47 Å². The van der Waals surface area contributed by atoms with E-state index in [1.165, 1.54) is 12.7 Å². The van der Waals surface area contributed by atoms with Crippen molar-refractivity contribution in [2.75, 3.05) is 38.2 Å². The zero-order valence-corrected chi connectivity index (χ0v) is 22.9. The lowest BCUT2D eigenvalue weighted by Gasteiger charge is -2.38. The number of rotatable bonds is 4. The van der Waals surface area contributed by atoms with E-state index in [9.17, 15) is 9.59 Å². The summed E-state index contributed by atoms with van der Waals surface area (Å²) in [5.74, 6) is -0.339. The molecule has 0 spiro atoms. The number of hydrogen-bond acceptors (Lipinski definition) is 5. The zero-order chi connectivity index (χ0) is 25.9. The molecule has 6 nitrogen and oxygen atoms in total. The highest BCUT2D eigenvalue weighted by Gasteiger charge is 2.28. The quantitative estimate of drug-likeness (QED) is 0.475. The van der Waals surface area contributed by atoms with Crippen LogP contribution in [-0.4, -0.2) is 55.9 Å². The Morgan fingerprint density at radius 2 is 1.53 bits per heavy atom. The van der Waals surface area contributed by atoms with Gasteiger partial charge in [-0.15, -0.1) is 0 Å². The molecule has 2 rings (SSSR count). The lowest BCUT2D eigenvalue weighted by atomic mass is 9.81. The maximum atomic E-state index is 12.5. The fourth-order valence-electron chi connectivity index (χ4n) is 4.09. The third-order valence-corrected chi connectivity index (χ3v) is 5.36. The Kier molecular flexibility index (Phi) is 8.49. The van der Waals surface area contributed by atoms with Crippen LogP contribution in [0.2, 0.25) is 0 Å². The van der Waals surface area contributed by atoms with Crippen molar-refractivity contribution < 1.29 is 19.1 Å². The van der Waals surface area contributed by atoms with Gasteiger partial charge in [0.15, 0.2) is 0 Å². The third kappa shape index (κ3) is 8.37. The average molecular weight is 473 g/mol. The molecule has 34 heavy (non-hydrogen) atoms. The Labute approximate surface area is 206 Å². The molecule has 1 aromatic rings. The van der Waals surface area contributed by atoms with Crippen LogP contribution in [0.3, 0.4) is 0 Å². The Hall–Kier alpha value is -2.50. The summed E-state index contributed by atoms with van der Waals surface area (Å²) in [4.78, 5) is 29.0. The van der Waals surface area contributed by atoms with Crippen molar-refractivity contribution in [3.05, 3.63) is 35.4 Å². The van der Waals surface area contributed by atoms with Crippen molar-refractivity contribution in [1.29, 1.82) is 0 Å². The fraction of sp³-hybridized carbons (Fsp3) is 0.643. The van der Waals surface area contributed by atoms with E-state index in [2.05, 4.69) is 52.5 Å².